The van der Waals surface area contributed by atoms with Crippen molar-refractivity contribution in [1.29, 1.82) is 0 Å². The SMILES string of the molecule is Cc1ccc(N2C(=O)[C@@H]3[C@H](ON(c4ccccc4)[C@H]3c3ccc(Cl)cc3Cl)C2=O)cc1C. The Kier molecular flexibility index (Phi) is 5.20. The maximum Gasteiger partial charge on any atom is 0.266 e. The molecule has 2 fully saturated rings. The molecule has 162 valence electrons. The largest absolute Gasteiger partial charge is 0.273 e. The molecule has 0 unspecified atom stereocenters. The molecule has 3 aromatic rings. The van der Waals surface area contributed by atoms with Gasteiger partial charge in [0, 0.05) is 10.0 Å². The molecule has 32 heavy (non-hydrogen) atoms. The fourth-order valence-electron chi connectivity index (χ4n) is 4.39. The zero-order chi connectivity index (χ0) is 22.6. The van der Waals surface area contributed by atoms with Crippen molar-refractivity contribution in [1.82, 2.24) is 0 Å². The molecular weight excluding hydrogens is 447 g/mol. The van der Waals surface area contributed by atoms with Crippen LogP contribution < -0.4 is 9.96 Å². The maximum atomic E-state index is 13.7. The number of imide groups is 1. The summed E-state index contributed by atoms with van der Waals surface area (Å²) < 4.78 is 0. The molecule has 2 aliphatic rings. The van der Waals surface area contributed by atoms with Crippen molar-refractivity contribution in [2.24, 2.45) is 5.92 Å². The van der Waals surface area contributed by atoms with Crippen LogP contribution in [0.1, 0.15) is 22.7 Å². The highest BCUT2D eigenvalue weighted by molar-refractivity contribution is 6.35. The van der Waals surface area contributed by atoms with Crippen LogP contribution in [0.3, 0.4) is 0 Å². The highest BCUT2D eigenvalue weighted by atomic mass is 35.5. The first kappa shape index (κ1) is 21.0. The zero-order valence-corrected chi connectivity index (χ0v) is 19.0. The zero-order valence-electron chi connectivity index (χ0n) is 17.5. The van der Waals surface area contributed by atoms with E-state index in [1.165, 1.54) is 4.90 Å². The van der Waals surface area contributed by atoms with Gasteiger partial charge in [0.1, 0.15) is 5.92 Å². The summed E-state index contributed by atoms with van der Waals surface area (Å²) in [6.07, 6.45) is -0.943. The van der Waals surface area contributed by atoms with Gasteiger partial charge in [0.25, 0.3) is 5.91 Å². The van der Waals surface area contributed by atoms with Crippen LogP contribution in [-0.2, 0) is 14.4 Å². The second-order valence-electron chi connectivity index (χ2n) is 8.10. The Morgan fingerprint density at radius 2 is 1.56 bits per heavy atom. The number of anilines is 2. The topological polar surface area (TPSA) is 49.9 Å². The molecule has 0 spiro atoms. The number of nitrogens with zero attached hydrogens (tertiary/aromatic N) is 2. The van der Waals surface area contributed by atoms with Crippen LogP contribution in [0.25, 0.3) is 0 Å². The fraction of sp³-hybridized carbons (Fsp3) is 0.200. The number of carbonyl (C=O) groups excluding carboxylic acids is 2. The van der Waals surface area contributed by atoms with Gasteiger partial charge >= 0.3 is 0 Å². The standard InChI is InChI=1S/C25H20Cl2N2O3/c1-14-8-10-18(12-15(14)2)28-24(30)21-22(19-11-9-16(26)13-20(19)27)29(32-23(21)25(28)31)17-6-4-3-5-7-17/h3-13,21-23H,1-2H3/t21-,22-,23-/m0/s1. The van der Waals surface area contributed by atoms with Crippen molar-refractivity contribution in [2.45, 2.75) is 26.0 Å². The third-order valence-corrected chi connectivity index (χ3v) is 6.72. The van der Waals surface area contributed by atoms with Gasteiger partial charge in [-0.2, -0.15) is 0 Å². The van der Waals surface area contributed by atoms with Gasteiger partial charge in [-0.3, -0.25) is 14.4 Å². The molecule has 5 rings (SSSR count). The van der Waals surface area contributed by atoms with Crippen LogP contribution in [0.4, 0.5) is 11.4 Å². The maximum absolute atomic E-state index is 13.7. The van der Waals surface area contributed by atoms with Crippen LogP contribution in [0.5, 0.6) is 0 Å². The van der Waals surface area contributed by atoms with E-state index in [1.807, 2.05) is 56.3 Å². The molecule has 0 saturated carbocycles. The van der Waals surface area contributed by atoms with E-state index in [2.05, 4.69) is 0 Å². The third kappa shape index (κ3) is 3.28. The minimum atomic E-state index is -0.943. The van der Waals surface area contributed by atoms with E-state index in [4.69, 9.17) is 28.0 Å². The van der Waals surface area contributed by atoms with E-state index in [1.54, 1.807) is 29.3 Å². The first-order chi connectivity index (χ1) is 15.4. The van der Waals surface area contributed by atoms with Crippen molar-refractivity contribution in [3.63, 3.8) is 0 Å². The Hall–Kier alpha value is -2.86. The molecule has 3 atom stereocenters. The summed E-state index contributed by atoms with van der Waals surface area (Å²) in [6.45, 7) is 3.94. The smallest absolute Gasteiger partial charge is 0.266 e. The summed E-state index contributed by atoms with van der Waals surface area (Å²) in [5.74, 6) is -1.43. The summed E-state index contributed by atoms with van der Waals surface area (Å²) in [4.78, 5) is 34.4. The number of benzene rings is 3. The number of rotatable bonds is 3. The Balaban J connectivity index is 1.61. The monoisotopic (exact) mass is 466 g/mol. The molecule has 2 aliphatic heterocycles. The molecule has 0 bridgehead atoms. The van der Waals surface area contributed by atoms with E-state index in [-0.39, 0.29) is 11.8 Å². The predicted molar refractivity (Wildman–Crippen MR) is 125 cm³/mol. The third-order valence-electron chi connectivity index (χ3n) is 6.16. The van der Waals surface area contributed by atoms with Crippen molar-refractivity contribution >= 4 is 46.4 Å². The van der Waals surface area contributed by atoms with Crippen LogP contribution in [0, 0.1) is 19.8 Å². The second kappa shape index (κ2) is 7.93. The summed E-state index contributed by atoms with van der Waals surface area (Å²) in [5, 5.41) is 2.53. The molecule has 3 aromatic carbocycles. The van der Waals surface area contributed by atoms with Gasteiger partial charge in [-0.15, -0.1) is 0 Å². The van der Waals surface area contributed by atoms with Crippen molar-refractivity contribution < 1.29 is 14.4 Å². The molecule has 7 heteroatoms. The Morgan fingerprint density at radius 3 is 2.25 bits per heavy atom. The number of hydroxylamine groups is 1. The number of hydrogen-bond donors (Lipinski definition) is 0. The van der Waals surface area contributed by atoms with E-state index >= 15 is 0 Å². The lowest BCUT2D eigenvalue weighted by Crippen LogP contribution is -2.37. The van der Waals surface area contributed by atoms with Crippen LogP contribution in [-0.4, -0.2) is 17.9 Å². The van der Waals surface area contributed by atoms with Gasteiger partial charge in [-0.05, 0) is 66.9 Å². The summed E-state index contributed by atoms with van der Waals surface area (Å²) in [7, 11) is 0. The number of hydrogen-bond acceptors (Lipinski definition) is 4. The van der Waals surface area contributed by atoms with E-state index in [9.17, 15) is 9.59 Å². The second-order valence-corrected chi connectivity index (χ2v) is 8.95. The van der Waals surface area contributed by atoms with Crippen LogP contribution >= 0.6 is 23.2 Å². The van der Waals surface area contributed by atoms with Crippen LogP contribution in [0.15, 0.2) is 66.7 Å². The van der Waals surface area contributed by atoms with Gasteiger partial charge in [0.15, 0.2) is 6.10 Å². The molecule has 5 nitrogen and oxygen atoms in total. The molecule has 0 aromatic heterocycles. The molecular formula is C25H20Cl2N2O3. The van der Waals surface area contributed by atoms with E-state index in [0.29, 0.717) is 21.3 Å². The lowest BCUT2D eigenvalue weighted by atomic mass is 9.90. The van der Waals surface area contributed by atoms with Gasteiger partial charge < -0.3 is 0 Å². The number of aryl methyl sites for hydroxylation is 2. The molecule has 0 radical (unpaired) electrons. The minimum Gasteiger partial charge on any atom is -0.273 e. The average Bonchev–Trinajstić information content (AvgIpc) is 3.27. The van der Waals surface area contributed by atoms with Gasteiger partial charge in [-0.25, -0.2) is 9.96 Å². The first-order valence-corrected chi connectivity index (χ1v) is 11.0. The van der Waals surface area contributed by atoms with Crippen molar-refractivity contribution in [3.8, 4) is 0 Å². The highest BCUT2D eigenvalue weighted by Gasteiger charge is 2.60. The molecule has 2 amide bonds. The van der Waals surface area contributed by atoms with Crippen molar-refractivity contribution in [2.75, 3.05) is 9.96 Å². The van der Waals surface area contributed by atoms with Crippen molar-refractivity contribution in [3.05, 3.63) is 93.5 Å². The Morgan fingerprint density at radius 1 is 0.812 bits per heavy atom. The van der Waals surface area contributed by atoms with Gasteiger partial charge in [0.05, 0.1) is 17.4 Å². The number of fused-ring (bicyclic) bond motifs is 1. The summed E-state index contributed by atoms with van der Waals surface area (Å²) in [5.41, 5.74) is 4.05. The van der Waals surface area contributed by atoms with E-state index in [0.717, 1.165) is 16.8 Å². The quantitative estimate of drug-likeness (QED) is 0.467. The summed E-state index contributed by atoms with van der Waals surface area (Å²) in [6, 6.07) is 19.5. The van der Waals surface area contributed by atoms with E-state index < -0.39 is 18.1 Å². The number of amides is 2. The summed E-state index contributed by atoms with van der Waals surface area (Å²) >= 11 is 12.7. The number of para-hydroxylation sites is 1. The first-order valence-electron chi connectivity index (χ1n) is 10.3. The Bertz CT molecular complexity index is 1230. The molecule has 2 heterocycles. The number of carbonyl (C=O) groups is 2. The normalized spacial score (nSPS) is 22.6. The van der Waals surface area contributed by atoms with Gasteiger partial charge in [0.2, 0.25) is 5.91 Å². The van der Waals surface area contributed by atoms with Gasteiger partial charge in [-0.1, -0.05) is 53.5 Å². The minimum absolute atomic E-state index is 0.308. The lowest BCUT2D eigenvalue weighted by molar-refractivity contribution is -0.126. The average molecular weight is 467 g/mol. The lowest BCUT2D eigenvalue weighted by Gasteiger charge is -2.29. The van der Waals surface area contributed by atoms with Crippen LogP contribution in [0.2, 0.25) is 10.0 Å². The fourth-order valence-corrected chi connectivity index (χ4v) is 4.91. The highest BCUT2D eigenvalue weighted by Crippen LogP contribution is 2.49. The predicted octanol–water partition coefficient (Wildman–Crippen LogP) is 5.66. The molecule has 0 N–H and O–H groups in total. The molecule has 0 aliphatic carbocycles. The Labute approximate surface area is 196 Å². The number of halogens is 2. The molecule has 2 saturated heterocycles.